The number of hydrogen-bond acceptors (Lipinski definition) is 7. The summed E-state index contributed by atoms with van der Waals surface area (Å²) in [5, 5.41) is 12.3. The summed E-state index contributed by atoms with van der Waals surface area (Å²) in [6.07, 6.45) is 3.13. The Morgan fingerprint density at radius 3 is 2.78 bits per heavy atom. The van der Waals surface area contributed by atoms with Crippen molar-refractivity contribution in [2.75, 3.05) is 38.7 Å². The number of nitrogens with one attached hydrogen (secondary N) is 2. The van der Waals surface area contributed by atoms with Crippen LogP contribution in [0.5, 0.6) is 5.88 Å². The van der Waals surface area contributed by atoms with Crippen LogP contribution in [-0.4, -0.2) is 65.3 Å². The molecule has 2 N–H and O–H groups in total. The Balaban J connectivity index is 1.35. The fourth-order valence-corrected chi connectivity index (χ4v) is 4.25. The van der Waals surface area contributed by atoms with Gasteiger partial charge in [-0.2, -0.15) is 9.45 Å². The van der Waals surface area contributed by atoms with Gasteiger partial charge in [0.15, 0.2) is 0 Å². The van der Waals surface area contributed by atoms with Crippen molar-refractivity contribution >= 4 is 11.8 Å². The Hall–Kier alpha value is -3.54. The average Bonchev–Trinajstić information content (AvgIpc) is 3.57. The van der Waals surface area contributed by atoms with Crippen LogP contribution in [0.2, 0.25) is 0 Å². The first-order chi connectivity index (χ1) is 18.0. The molecule has 2 amide bonds. The molecule has 0 radical (unpaired) electrons. The van der Waals surface area contributed by atoms with Gasteiger partial charge in [-0.15, -0.1) is 5.10 Å². The number of ether oxygens (including phenoxy) is 2. The van der Waals surface area contributed by atoms with E-state index in [2.05, 4.69) is 20.7 Å². The molecule has 0 unspecified atom stereocenters. The Labute approximate surface area is 214 Å². The zero-order valence-corrected chi connectivity index (χ0v) is 20.9. The van der Waals surface area contributed by atoms with E-state index in [1.807, 2.05) is 37.3 Å². The maximum absolute atomic E-state index is 13.8. The molecule has 37 heavy (non-hydrogen) atoms. The van der Waals surface area contributed by atoms with Crippen molar-refractivity contribution in [2.45, 2.75) is 31.9 Å². The lowest BCUT2D eigenvalue weighted by Gasteiger charge is -2.19. The van der Waals surface area contributed by atoms with Gasteiger partial charge in [-0.1, -0.05) is 18.2 Å². The van der Waals surface area contributed by atoms with Gasteiger partial charge < -0.3 is 14.8 Å². The van der Waals surface area contributed by atoms with Crippen LogP contribution in [0.15, 0.2) is 48.7 Å². The molecule has 0 spiro atoms. The van der Waals surface area contributed by atoms with Gasteiger partial charge in [0.25, 0.3) is 0 Å². The lowest BCUT2D eigenvalue weighted by molar-refractivity contribution is -0.154. The third kappa shape index (κ3) is 6.07. The molecule has 11 heteroatoms. The summed E-state index contributed by atoms with van der Waals surface area (Å²) in [7, 11) is 1.61. The predicted octanol–water partition coefficient (Wildman–Crippen LogP) is 3.63. The van der Waals surface area contributed by atoms with Crippen molar-refractivity contribution in [1.29, 1.82) is 0 Å². The second-order valence-corrected chi connectivity index (χ2v) is 9.30. The van der Waals surface area contributed by atoms with E-state index >= 15 is 0 Å². The Morgan fingerprint density at radius 1 is 1.24 bits per heavy atom. The molecule has 10 nitrogen and oxygen atoms in total. The molecule has 2 atom stereocenters. The number of carbonyl (C=O) groups excluding carboxylic acids is 1. The molecule has 3 aromatic rings. The molecule has 196 valence electrons. The zero-order chi connectivity index (χ0) is 25.8. The lowest BCUT2D eigenvalue weighted by atomic mass is 10.0. The van der Waals surface area contributed by atoms with Gasteiger partial charge in [-0.3, -0.25) is 10.2 Å². The summed E-state index contributed by atoms with van der Waals surface area (Å²) in [5.74, 6) is 0.961. The summed E-state index contributed by atoms with van der Waals surface area (Å²) < 4.78 is 26.6. The van der Waals surface area contributed by atoms with Crippen LogP contribution in [0, 0.1) is 18.8 Å². The number of rotatable bonds is 10. The molecular formula is C26H31FN6O4. The number of hydroxylamine groups is 2. The minimum atomic E-state index is -0.610. The van der Waals surface area contributed by atoms with Crippen LogP contribution in [0.4, 0.5) is 15.0 Å². The highest BCUT2D eigenvalue weighted by atomic mass is 19.1. The van der Waals surface area contributed by atoms with E-state index in [9.17, 15) is 9.18 Å². The molecule has 0 bridgehead atoms. The van der Waals surface area contributed by atoms with Gasteiger partial charge >= 0.3 is 6.03 Å². The van der Waals surface area contributed by atoms with E-state index in [0.717, 1.165) is 11.3 Å². The first kappa shape index (κ1) is 25.1. The third-order valence-corrected chi connectivity index (χ3v) is 6.43. The average molecular weight is 511 g/mol. The van der Waals surface area contributed by atoms with E-state index in [4.69, 9.17) is 14.3 Å². The number of hydrogen-bond donors (Lipinski definition) is 2. The molecule has 1 aliphatic heterocycles. The van der Waals surface area contributed by atoms with Crippen molar-refractivity contribution in [3.8, 4) is 11.6 Å². The van der Waals surface area contributed by atoms with Crippen LogP contribution in [0.25, 0.3) is 5.69 Å². The number of anilines is 1. The Kier molecular flexibility index (Phi) is 7.63. The van der Waals surface area contributed by atoms with Gasteiger partial charge in [0.05, 0.1) is 30.5 Å². The number of carbonyl (C=O) groups is 1. The Morgan fingerprint density at radius 2 is 2.05 bits per heavy atom. The molecule has 1 saturated carbocycles. The highest BCUT2D eigenvalue weighted by Crippen LogP contribution is 2.33. The van der Waals surface area contributed by atoms with Gasteiger partial charge in [0.2, 0.25) is 11.8 Å². The maximum Gasteiger partial charge on any atom is 0.320 e. The third-order valence-electron chi connectivity index (χ3n) is 6.43. The van der Waals surface area contributed by atoms with Gasteiger partial charge in [0.1, 0.15) is 11.9 Å². The number of halogens is 1. The number of methoxy groups -OCH3 is 1. The van der Waals surface area contributed by atoms with Crippen molar-refractivity contribution < 1.29 is 23.5 Å². The van der Waals surface area contributed by atoms with Gasteiger partial charge in [0, 0.05) is 26.4 Å². The fraction of sp³-hybridized carbons (Fsp3) is 0.423. The SMILES string of the molecule is COCCN1C[C@@H](NC(=O)Nc2c(C)c(OCC3CC3)nn2-c2ccccc2)[C@H](c2ccnc(F)c2)O1. The lowest BCUT2D eigenvalue weighted by Crippen LogP contribution is -2.42. The van der Waals surface area contributed by atoms with Crippen molar-refractivity contribution in [3.05, 3.63) is 65.7 Å². The normalized spacial score (nSPS) is 19.6. The van der Waals surface area contributed by atoms with Crippen LogP contribution in [0.1, 0.15) is 30.1 Å². The topological polar surface area (TPSA) is 103 Å². The molecule has 1 aromatic carbocycles. The number of para-hydroxylation sites is 1. The number of nitrogens with zero attached hydrogens (tertiary/aromatic N) is 4. The molecular weight excluding hydrogens is 479 g/mol. The van der Waals surface area contributed by atoms with E-state index in [1.54, 1.807) is 22.9 Å². The molecule has 2 fully saturated rings. The maximum atomic E-state index is 13.8. The largest absolute Gasteiger partial charge is 0.476 e. The summed E-state index contributed by atoms with van der Waals surface area (Å²) in [6, 6.07) is 11.7. The fourth-order valence-electron chi connectivity index (χ4n) is 4.25. The molecule has 5 rings (SSSR count). The smallest absolute Gasteiger partial charge is 0.320 e. The quantitative estimate of drug-likeness (QED) is 0.402. The second-order valence-electron chi connectivity index (χ2n) is 9.30. The van der Waals surface area contributed by atoms with Crippen molar-refractivity contribution in [2.24, 2.45) is 5.92 Å². The minimum absolute atomic E-state index is 0.401. The molecule has 1 saturated heterocycles. The number of aromatic nitrogens is 3. The monoisotopic (exact) mass is 510 g/mol. The number of amides is 2. The first-order valence-corrected chi connectivity index (χ1v) is 12.4. The number of pyridine rings is 1. The summed E-state index contributed by atoms with van der Waals surface area (Å²) >= 11 is 0. The van der Waals surface area contributed by atoms with Crippen LogP contribution >= 0.6 is 0 Å². The number of urea groups is 1. The predicted molar refractivity (Wildman–Crippen MR) is 134 cm³/mol. The molecule has 2 aliphatic rings. The van der Waals surface area contributed by atoms with E-state index in [0.29, 0.717) is 49.5 Å². The van der Waals surface area contributed by atoms with E-state index < -0.39 is 24.1 Å². The highest BCUT2D eigenvalue weighted by Gasteiger charge is 2.37. The summed E-state index contributed by atoms with van der Waals surface area (Å²) in [5.41, 5.74) is 2.11. The van der Waals surface area contributed by atoms with Crippen LogP contribution in [-0.2, 0) is 9.57 Å². The van der Waals surface area contributed by atoms with E-state index in [-0.39, 0.29) is 0 Å². The number of benzene rings is 1. The Bertz CT molecular complexity index is 1220. The highest BCUT2D eigenvalue weighted by molar-refractivity contribution is 5.90. The minimum Gasteiger partial charge on any atom is -0.476 e. The van der Waals surface area contributed by atoms with Crippen LogP contribution in [0.3, 0.4) is 0 Å². The molecule has 1 aliphatic carbocycles. The van der Waals surface area contributed by atoms with Gasteiger partial charge in [-0.25, -0.2) is 14.5 Å². The summed E-state index contributed by atoms with van der Waals surface area (Å²) in [4.78, 5) is 22.9. The molecule has 3 heterocycles. The second kappa shape index (κ2) is 11.2. The van der Waals surface area contributed by atoms with E-state index in [1.165, 1.54) is 25.1 Å². The zero-order valence-electron chi connectivity index (χ0n) is 20.9. The van der Waals surface area contributed by atoms with Crippen molar-refractivity contribution in [3.63, 3.8) is 0 Å². The van der Waals surface area contributed by atoms with Gasteiger partial charge in [-0.05, 0) is 55.5 Å². The van der Waals surface area contributed by atoms with Crippen molar-refractivity contribution in [1.82, 2.24) is 25.1 Å². The first-order valence-electron chi connectivity index (χ1n) is 12.4. The standard InChI is InChI=1S/C26H31FN6O4/c1-17-24(33(20-6-4-3-5-7-20)31-25(17)36-16-18-8-9-18)30-26(34)29-21-15-32(12-13-35-2)37-23(21)19-10-11-28-22(27)14-19/h3-7,10-11,14,18,21,23H,8-9,12-13,15-16H2,1-2H3,(H2,29,30,34)/t21-,23+/m1/s1. The van der Waals surface area contributed by atoms with Crippen LogP contribution < -0.4 is 15.4 Å². The molecule has 2 aromatic heterocycles. The summed E-state index contributed by atoms with van der Waals surface area (Å²) in [6.45, 7) is 3.84.